The van der Waals surface area contributed by atoms with Gasteiger partial charge in [-0.25, -0.2) is 0 Å². The van der Waals surface area contributed by atoms with Gasteiger partial charge in [-0.15, -0.1) is 0 Å². The van der Waals surface area contributed by atoms with Gasteiger partial charge in [-0.05, 0) is 30.4 Å². The lowest BCUT2D eigenvalue weighted by molar-refractivity contribution is -0.384. The number of fused-ring (bicyclic) bond motifs is 1. The van der Waals surface area contributed by atoms with E-state index in [1.165, 1.54) is 0 Å². The standard InChI is InChI=1S/C16H21N3O4/c1-10-5-6-18(9-15(10)23-2)13-8-12-11(3-4-16(20)17-12)7-14(13)19(21)22/h7-8,10,15H,3-6,9H2,1-2H3,(H,17,20). The van der Waals surface area contributed by atoms with E-state index in [9.17, 15) is 14.9 Å². The lowest BCUT2D eigenvalue weighted by Crippen LogP contribution is -2.44. The van der Waals surface area contributed by atoms with Gasteiger partial charge < -0.3 is 15.0 Å². The number of hydrogen-bond donors (Lipinski definition) is 1. The Kier molecular flexibility index (Phi) is 4.21. The molecule has 0 bridgehead atoms. The molecule has 3 rings (SSSR count). The van der Waals surface area contributed by atoms with Gasteiger partial charge in [0.2, 0.25) is 5.91 Å². The molecule has 1 aromatic rings. The van der Waals surface area contributed by atoms with Gasteiger partial charge >= 0.3 is 0 Å². The number of methoxy groups -OCH3 is 1. The zero-order valence-electron chi connectivity index (χ0n) is 13.4. The fraction of sp³-hybridized carbons (Fsp3) is 0.562. The topological polar surface area (TPSA) is 84.7 Å². The molecule has 1 saturated heterocycles. The third kappa shape index (κ3) is 3.01. The van der Waals surface area contributed by atoms with Crippen LogP contribution in [-0.4, -0.2) is 37.1 Å². The number of aryl methyl sites for hydroxylation is 1. The van der Waals surface area contributed by atoms with E-state index in [2.05, 4.69) is 12.2 Å². The van der Waals surface area contributed by atoms with Gasteiger partial charge in [0.05, 0.1) is 11.0 Å². The second-order valence-electron chi connectivity index (χ2n) is 6.29. The first kappa shape index (κ1) is 15.7. The van der Waals surface area contributed by atoms with Crippen LogP contribution in [0, 0.1) is 16.0 Å². The van der Waals surface area contributed by atoms with Gasteiger partial charge in [-0.3, -0.25) is 14.9 Å². The van der Waals surface area contributed by atoms with Crippen molar-refractivity contribution >= 4 is 23.0 Å². The van der Waals surface area contributed by atoms with Crippen LogP contribution in [0.3, 0.4) is 0 Å². The molecule has 7 nitrogen and oxygen atoms in total. The van der Waals surface area contributed by atoms with E-state index in [-0.39, 0.29) is 22.6 Å². The molecule has 1 fully saturated rings. The summed E-state index contributed by atoms with van der Waals surface area (Å²) in [4.78, 5) is 24.7. The maximum absolute atomic E-state index is 11.6. The average Bonchev–Trinajstić information content (AvgIpc) is 2.54. The molecule has 2 unspecified atom stereocenters. The van der Waals surface area contributed by atoms with Crippen LogP contribution >= 0.6 is 0 Å². The Labute approximate surface area is 134 Å². The minimum Gasteiger partial charge on any atom is -0.379 e. The minimum absolute atomic E-state index is 0.0423. The summed E-state index contributed by atoms with van der Waals surface area (Å²) in [5.41, 5.74) is 2.18. The monoisotopic (exact) mass is 319 g/mol. The molecule has 2 aliphatic heterocycles. The number of piperidine rings is 1. The summed E-state index contributed by atoms with van der Waals surface area (Å²) in [6, 6.07) is 3.34. The number of anilines is 2. The summed E-state index contributed by atoms with van der Waals surface area (Å²) < 4.78 is 5.50. The second kappa shape index (κ2) is 6.16. The lowest BCUT2D eigenvalue weighted by atomic mass is 9.94. The minimum atomic E-state index is -0.341. The predicted octanol–water partition coefficient (Wildman–Crippen LogP) is 2.34. The van der Waals surface area contributed by atoms with E-state index in [0.29, 0.717) is 36.7 Å². The Morgan fingerprint density at radius 3 is 2.87 bits per heavy atom. The fourth-order valence-corrected chi connectivity index (χ4v) is 3.36. The average molecular weight is 319 g/mol. The van der Waals surface area contributed by atoms with Crippen molar-refractivity contribution in [3.63, 3.8) is 0 Å². The zero-order valence-corrected chi connectivity index (χ0v) is 13.4. The highest BCUT2D eigenvalue weighted by atomic mass is 16.6. The van der Waals surface area contributed by atoms with Crippen LogP contribution in [-0.2, 0) is 16.0 Å². The molecule has 2 atom stereocenters. The summed E-state index contributed by atoms with van der Waals surface area (Å²) in [6.07, 6.45) is 1.88. The van der Waals surface area contributed by atoms with E-state index in [0.717, 1.165) is 18.5 Å². The van der Waals surface area contributed by atoms with Crippen molar-refractivity contribution in [2.45, 2.75) is 32.3 Å². The Morgan fingerprint density at radius 2 is 2.17 bits per heavy atom. The normalized spacial score (nSPS) is 24.1. The number of carbonyl (C=O) groups is 1. The maximum atomic E-state index is 11.6. The molecule has 2 aliphatic rings. The van der Waals surface area contributed by atoms with Gasteiger partial charge in [0, 0.05) is 38.4 Å². The lowest BCUT2D eigenvalue weighted by Gasteiger charge is -2.37. The van der Waals surface area contributed by atoms with Crippen molar-refractivity contribution in [2.24, 2.45) is 5.92 Å². The van der Waals surface area contributed by atoms with Crippen LogP contribution in [0.15, 0.2) is 12.1 Å². The molecule has 0 spiro atoms. The van der Waals surface area contributed by atoms with Gasteiger partial charge in [0.1, 0.15) is 5.69 Å². The number of amides is 1. The van der Waals surface area contributed by atoms with Crippen LogP contribution in [0.1, 0.15) is 25.3 Å². The van der Waals surface area contributed by atoms with E-state index in [4.69, 9.17) is 4.74 Å². The third-order valence-corrected chi connectivity index (χ3v) is 4.83. The Morgan fingerprint density at radius 1 is 1.39 bits per heavy atom. The molecule has 2 heterocycles. The summed E-state index contributed by atoms with van der Waals surface area (Å²) in [5, 5.41) is 14.3. The quantitative estimate of drug-likeness (QED) is 0.683. The fourth-order valence-electron chi connectivity index (χ4n) is 3.36. The first-order valence-corrected chi connectivity index (χ1v) is 7.88. The van der Waals surface area contributed by atoms with Crippen molar-refractivity contribution < 1.29 is 14.5 Å². The van der Waals surface area contributed by atoms with Crippen LogP contribution < -0.4 is 10.2 Å². The molecule has 0 radical (unpaired) electrons. The van der Waals surface area contributed by atoms with Crippen molar-refractivity contribution in [2.75, 3.05) is 30.4 Å². The highest BCUT2D eigenvalue weighted by Crippen LogP contribution is 2.38. The number of nitro groups is 1. The number of nitrogens with zero attached hydrogens (tertiary/aromatic N) is 2. The largest absolute Gasteiger partial charge is 0.379 e. The molecule has 1 aromatic carbocycles. The van der Waals surface area contributed by atoms with E-state index in [1.807, 2.05) is 4.90 Å². The summed E-state index contributed by atoms with van der Waals surface area (Å²) >= 11 is 0. The number of nitrogens with one attached hydrogen (secondary N) is 1. The number of hydrogen-bond acceptors (Lipinski definition) is 5. The number of rotatable bonds is 3. The van der Waals surface area contributed by atoms with Crippen LogP contribution in [0.2, 0.25) is 0 Å². The van der Waals surface area contributed by atoms with Crippen LogP contribution in [0.25, 0.3) is 0 Å². The summed E-state index contributed by atoms with van der Waals surface area (Å²) in [6.45, 7) is 3.49. The number of ether oxygens (including phenoxy) is 1. The SMILES string of the molecule is COC1CN(c2cc3c(cc2[N+](=O)[O-])CCC(=O)N3)CCC1C. The molecule has 7 heteroatoms. The maximum Gasteiger partial charge on any atom is 0.292 e. The Hall–Kier alpha value is -2.15. The number of nitro benzene ring substituents is 1. The molecule has 1 N–H and O–H groups in total. The zero-order chi connectivity index (χ0) is 16.6. The first-order valence-electron chi connectivity index (χ1n) is 7.88. The van der Waals surface area contributed by atoms with Crippen molar-refractivity contribution in [3.05, 3.63) is 27.8 Å². The first-order chi connectivity index (χ1) is 11.0. The van der Waals surface area contributed by atoms with E-state index < -0.39 is 0 Å². The van der Waals surface area contributed by atoms with Crippen molar-refractivity contribution in [3.8, 4) is 0 Å². The van der Waals surface area contributed by atoms with Gasteiger partial charge in [0.15, 0.2) is 0 Å². The molecular weight excluding hydrogens is 298 g/mol. The molecule has 0 saturated carbocycles. The predicted molar refractivity (Wildman–Crippen MR) is 86.8 cm³/mol. The molecule has 0 aliphatic carbocycles. The molecule has 1 amide bonds. The Balaban J connectivity index is 1.98. The summed E-state index contributed by atoms with van der Waals surface area (Å²) in [5.74, 6) is 0.381. The second-order valence-corrected chi connectivity index (χ2v) is 6.29. The third-order valence-electron chi connectivity index (χ3n) is 4.83. The molecule has 0 aromatic heterocycles. The highest BCUT2D eigenvalue weighted by Gasteiger charge is 2.31. The van der Waals surface area contributed by atoms with Crippen molar-refractivity contribution in [1.29, 1.82) is 0 Å². The Bertz CT molecular complexity index is 646. The molecule has 23 heavy (non-hydrogen) atoms. The van der Waals surface area contributed by atoms with Crippen LogP contribution in [0.4, 0.5) is 17.1 Å². The van der Waals surface area contributed by atoms with Gasteiger partial charge in [-0.1, -0.05) is 6.92 Å². The van der Waals surface area contributed by atoms with E-state index >= 15 is 0 Å². The highest BCUT2D eigenvalue weighted by molar-refractivity contribution is 5.95. The molecule has 124 valence electrons. The van der Waals surface area contributed by atoms with Gasteiger partial charge in [0.25, 0.3) is 5.69 Å². The number of benzene rings is 1. The smallest absolute Gasteiger partial charge is 0.292 e. The van der Waals surface area contributed by atoms with Crippen molar-refractivity contribution in [1.82, 2.24) is 0 Å². The summed E-state index contributed by atoms with van der Waals surface area (Å²) in [7, 11) is 1.67. The van der Waals surface area contributed by atoms with Crippen LogP contribution in [0.5, 0.6) is 0 Å². The molecular formula is C16H21N3O4. The van der Waals surface area contributed by atoms with E-state index in [1.54, 1.807) is 19.2 Å². The number of carbonyl (C=O) groups excluding carboxylic acids is 1. The van der Waals surface area contributed by atoms with Gasteiger partial charge in [-0.2, -0.15) is 0 Å².